The predicted octanol–water partition coefficient (Wildman–Crippen LogP) is 5.64. The van der Waals surface area contributed by atoms with Crippen LogP contribution in [-0.2, 0) is 22.3 Å². The molecule has 42 heavy (non-hydrogen) atoms. The molecule has 1 atom stereocenters. The van der Waals surface area contributed by atoms with Crippen molar-refractivity contribution in [1.29, 1.82) is 5.26 Å². The van der Waals surface area contributed by atoms with Crippen LogP contribution in [-0.4, -0.2) is 41.9 Å². The van der Waals surface area contributed by atoms with Gasteiger partial charge in [0.2, 0.25) is 11.8 Å². The predicted molar refractivity (Wildman–Crippen MR) is 149 cm³/mol. The highest BCUT2D eigenvalue weighted by Gasteiger charge is 2.41. The molecule has 4 rings (SSSR count). The fourth-order valence-corrected chi connectivity index (χ4v) is 5.23. The molecule has 0 bridgehead atoms. The first kappa shape index (κ1) is 30.3. The van der Waals surface area contributed by atoms with E-state index in [1.54, 1.807) is 30.1 Å². The number of carbonyl (C=O) groups is 2. The monoisotopic (exact) mass is 600 g/mol. The summed E-state index contributed by atoms with van der Waals surface area (Å²) in [5, 5.41) is 20.8. The number of halogens is 4. The summed E-state index contributed by atoms with van der Waals surface area (Å²) in [7, 11) is 3.15. The van der Waals surface area contributed by atoms with Crippen LogP contribution in [0, 0.1) is 28.4 Å². The Hall–Kier alpha value is -4.70. The molecular weight excluding hydrogens is 577 g/mol. The lowest BCUT2D eigenvalue weighted by Gasteiger charge is -2.31. The lowest BCUT2D eigenvalue weighted by molar-refractivity contribution is -0.385. The van der Waals surface area contributed by atoms with Crippen LogP contribution in [0.5, 0.6) is 0 Å². The first-order valence-electron chi connectivity index (χ1n) is 12.6. The van der Waals surface area contributed by atoms with Gasteiger partial charge in [0.05, 0.1) is 26.9 Å². The van der Waals surface area contributed by atoms with Gasteiger partial charge in [-0.25, -0.2) is 4.98 Å². The van der Waals surface area contributed by atoms with Gasteiger partial charge in [0.25, 0.3) is 5.69 Å². The highest BCUT2D eigenvalue weighted by Crippen LogP contribution is 2.39. The van der Waals surface area contributed by atoms with Crippen molar-refractivity contribution in [3.05, 3.63) is 86.1 Å². The molecule has 1 aliphatic heterocycles. The summed E-state index contributed by atoms with van der Waals surface area (Å²) >= 11 is 6.55. The molecule has 0 radical (unpaired) electrons. The van der Waals surface area contributed by atoms with Crippen LogP contribution in [0.15, 0.2) is 48.5 Å². The molecule has 0 N–H and O–H groups in total. The van der Waals surface area contributed by atoms with Gasteiger partial charge < -0.3 is 9.80 Å². The maximum absolute atomic E-state index is 13.8. The van der Waals surface area contributed by atoms with E-state index >= 15 is 0 Å². The van der Waals surface area contributed by atoms with Gasteiger partial charge in [-0.15, -0.1) is 0 Å². The number of aromatic nitrogens is 1. The Labute approximate surface area is 243 Å². The highest BCUT2D eigenvalue weighted by atomic mass is 35.5. The number of aryl methyl sites for hydroxylation is 1. The van der Waals surface area contributed by atoms with E-state index < -0.39 is 34.5 Å². The second-order valence-corrected chi connectivity index (χ2v) is 10.2. The summed E-state index contributed by atoms with van der Waals surface area (Å²) in [6, 6.07) is 11.3. The number of hydrogen-bond acceptors (Lipinski definition) is 7. The summed E-state index contributed by atoms with van der Waals surface area (Å²) in [4.78, 5) is 45.3. The zero-order valence-electron chi connectivity index (χ0n) is 22.6. The molecule has 1 unspecified atom stereocenters. The maximum atomic E-state index is 13.8. The third kappa shape index (κ3) is 5.99. The van der Waals surface area contributed by atoms with Crippen LogP contribution < -0.4 is 14.7 Å². The Bertz CT molecular complexity index is 1620. The zero-order chi connectivity index (χ0) is 30.9. The lowest BCUT2D eigenvalue weighted by atomic mass is 10.1. The minimum absolute atomic E-state index is 0.0450. The number of benzene rings is 2. The number of carbonyl (C=O) groups excluding carboxylic acids is 2. The summed E-state index contributed by atoms with van der Waals surface area (Å²) in [5.74, 6) is -1.34. The van der Waals surface area contributed by atoms with Crippen LogP contribution in [0.3, 0.4) is 0 Å². The van der Waals surface area contributed by atoms with Crippen molar-refractivity contribution in [2.24, 2.45) is 0 Å². The second-order valence-electron chi connectivity index (χ2n) is 9.75. The van der Waals surface area contributed by atoms with E-state index in [-0.39, 0.29) is 47.2 Å². The first-order chi connectivity index (χ1) is 19.7. The summed E-state index contributed by atoms with van der Waals surface area (Å²) in [6.45, 7) is 1.54. The van der Waals surface area contributed by atoms with Crippen molar-refractivity contribution in [3.63, 3.8) is 0 Å². The summed E-state index contributed by atoms with van der Waals surface area (Å²) < 4.78 is 40.4. The Morgan fingerprint density at radius 3 is 2.60 bits per heavy atom. The zero-order valence-corrected chi connectivity index (χ0v) is 23.4. The van der Waals surface area contributed by atoms with E-state index in [2.05, 4.69) is 4.98 Å². The number of nitro groups is 1. The average molecular weight is 601 g/mol. The summed E-state index contributed by atoms with van der Waals surface area (Å²) in [5.41, 5.74) is -0.0352. The molecule has 1 aliphatic rings. The topological polar surface area (TPSA) is 124 Å². The number of likely N-dealkylation sites (N-methyl/N-ethyl adjacent to an activating group) is 1. The molecule has 0 spiro atoms. The number of para-hydroxylation sites is 1. The minimum atomic E-state index is -4.67. The van der Waals surface area contributed by atoms with Gasteiger partial charge in [0.1, 0.15) is 23.5 Å². The van der Waals surface area contributed by atoms with Gasteiger partial charge in [0.15, 0.2) is 0 Å². The molecule has 14 heteroatoms. The largest absolute Gasteiger partial charge is 0.416 e. The Morgan fingerprint density at radius 1 is 1.24 bits per heavy atom. The van der Waals surface area contributed by atoms with Crippen molar-refractivity contribution < 1.29 is 27.7 Å². The lowest BCUT2D eigenvalue weighted by Crippen LogP contribution is -2.46. The third-order valence-electron chi connectivity index (χ3n) is 6.85. The molecule has 10 nitrogen and oxygen atoms in total. The van der Waals surface area contributed by atoms with Crippen molar-refractivity contribution in [1.82, 2.24) is 4.98 Å². The molecule has 0 aliphatic carbocycles. The van der Waals surface area contributed by atoms with Gasteiger partial charge in [0, 0.05) is 38.8 Å². The molecular formula is C28H24ClF3N6O4. The number of nitriles is 1. The van der Waals surface area contributed by atoms with Crippen molar-refractivity contribution in [3.8, 4) is 6.07 Å². The molecule has 1 saturated heterocycles. The van der Waals surface area contributed by atoms with E-state index in [1.165, 1.54) is 37.1 Å². The first-order valence-corrected chi connectivity index (χ1v) is 12.9. The van der Waals surface area contributed by atoms with Crippen LogP contribution in [0.25, 0.3) is 0 Å². The molecule has 2 heterocycles. The molecule has 1 aromatic heterocycles. The molecule has 2 aromatic carbocycles. The second kappa shape index (κ2) is 11.7. The Balaban J connectivity index is 1.66. The van der Waals surface area contributed by atoms with E-state index in [9.17, 15) is 38.1 Å². The Morgan fingerprint density at radius 2 is 1.95 bits per heavy atom. The number of anilines is 3. The number of hydrogen-bond donors (Lipinski definition) is 0. The number of rotatable bonds is 7. The summed E-state index contributed by atoms with van der Waals surface area (Å²) in [6.07, 6.45) is -4.64. The van der Waals surface area contributed by atoms with E-state index in [1.807, 2.05) is 6.07 Å². The number of nitro benzene ring substituents is 1. The molecule has 2 amide bonds. The van der Waals surface area contributed by atoms with Gasteiger partial charge in [-0.3, -0.25) is 24.6 Å². The van der Waals surface area contributed by atoms with E-state index in [4.69, 9.17) is 11.6 Å². The number of nitrogens with zero attached hydrogens (tertiary/aromatic N) is 6. The van der Waals surface area contributed by atoms with Crippen molar-refractivity contribution in [2.45, 2.75) is 38.5 Å². The minimum Gasteiger partial charge on any atom is -0.367 e. The molecule has 1 fully saturated rings. The van der Waals surface area contributed by atoms with Crippen LogP contribution >= 0.6 is 11.6 Å². The standard InChI is InChI=1S/C28H24ClF3N6O4/c1-16-11-19(28(30,31)32)13-24(34-16)37-23(9-10-25(37)39)27(40)36(3)22-6-4-5-20(29)26(22)35(2)15-17-7-8-21(38(41)42)18(12-17)14-33/h4-8,11-13,23H,9-10,15H2,1-3H3. The van der Waals surface area contributed by atoms with Crippen LogP contribution in [0.2, 0.25) is 5.02 Å². The normalized spacial score (nSPS) is 15.0. The number of alkyl halides is 3. The number of amides is 2. The van der Waals surface area contributed by atoms with Gasteiger partial charge in [-0.2, -0.15) is 18.4 Å². The van der Waals surface area contributed by atoms with Crippen molar-refractivity contribution in [2.75, 3.05) is 28.8 Å². The average Bonchev–Trinajstić information content (AvgIpc) is 3.32. The molecule has 0 saturated carbocycles. The highest BCUT2D eigenvalue weighted by molar-refractivity contribution is 6.34. The van der Waals surface area contributed by atoms with Crippen LogP contribution in [0.1, 0.15) is 35.2 Å². The Kier molecular flexibility index (Phi) is 8.40. The maximum Gasteiger partial charge on any atom is 0.416 e. The quantitative estimate of drug-likeness (QED) is 0.254. The fraction of sp³-hybridized carbons (Fsp3) is 0.286. The smallest absolute Gasteiger partial charge is 0.367 e. The number of pyridine rings is 1. The molecule has 3 aromatic rings. The van der Waals surface area contributed by atoms with Crippen molar-refractivity contribution >= 4 is 46.3 Å². The third-order valence-corrected chi connectivity index (χ3v) is 7.15. The van der Waals surface area contributed by atoms with E-state index in [0.29, 0.717) is 16.9 Å². The van der Waals surface area contributed by atoms with Gasteiger partial charge in [-0.05, 0) is 49.2 Å². The molecule has 218 valence electrons. The van der Waals surface area contributed by atoms with Crippen LogP contribution in [0.4, 0.5) is 36.1 Å². The van der Waals surface area contributed by atoms with Gasteiger partial charge >= 0.3 is 6.18 Å². The SMILES string of the molecule is Cc1cc(C(F)(F)F)cc(N2C(=O)CCC2C(=O)N(C)c2cccc(Cl)c2N(C)Cc2ccc([N+](=O)[O-])c(C#N)c2)n1. The van der Waals surface area contributed by atoms with E-state index in [0.717, 1.165) is 17.0 Å². The fourth-order valence-electron chi connectivity index (χ4n) is 4.92. The van der Waals surface area contributed by atoms with Gasteiger partial charge in [-0.1, -0.05) is 23.7 Å².